The molecule has 1 aliphatic heterocycles. The van der Waals surface area contributed by atoms with Gasteiger partial charge in [-0.1, -0.05) is 54.1 Å². The van der Waals surface area contributed by atoms with E-state index < -0.39 is 18.2 Å². The molecule has 0 bridgehead atoms. The van der Waals surface area contributed by atoms with E-state index in [4.69, 9.17) is 25.9 Å². The van der Waals surface area contributed by atoms with E-state index in [1.54, 1.807) is 19.3 Å². The molecule has 3 N–H and O–H groups in total. The van der Waals surface area contributed by atoms with Crippen molar-refractivity contribution in [3.63, 3.8) is 0 Å². The van der Waals surface area contributed by atoms with Crippen LogP contribution in [-0.2, 0) is 27.4 Å². The lowest BCUT2D eigenvalue weighted by molar-refractivity contribution is -0.123. The van der Waals surface area contributed by atoms with Crippen LogP contribution in [0.1, 0.15) is 11.1 Å². The predicted octanol–water partition coefficient (Wildman–Crippen LogP) is 2.63. The molecule has 1 aliphatic rings. The SMILES string of the molecule is COc1cccc(C[C@H](NC(=O)OCc2ccccc2)C(=O)NCC2C=C(Cl)NO2)c1. The smallest absolute Gasteiger partial charge is 0.408 e. The first-order valence-electron chi connectivity index (χ1n) is 9.70. The number of rotatable bonds is 9. The minimum Gasteiger partial charge on any atom is -0.497 e. The molecule has 2 aromatic carbocycles. The molecule has 2 amide bonds. The third-order valence-corrected chi connectivity index (χ3v) is 4.72. The first-order valence-corrected chi connectivity index (χ1v) is 10.1. The molecule has 0 saturated carbocycles. The molecule has 0 saturated heterocycles. The van der Waals surface area contributed by atoms with Gasteiger partial charge in [-0.25, -0.2) is 4.79 Å². The first-order chi connectivity index (χ1) is 15.0. The van der Waals surface area contributed by atoms with Gasteiger partial charge in [0.25, 0.3) is 0 Å². The number of hydrogen-bond acceptors (Lipinski definition) is 6. The van der Waals surface area contributed by atoms with E-state index in [-0.39, 0.29) is 25.5 Å². The second kappa shape index (κ2) is 11.2. The van der Waals surface area contributed by atoms with Gasteiger partial charge in [-0.3, -0.25) is 15.1 Å². The lowest BCUT2D eigenvalue weighted by Gasteiger charge is -2.19. The van der Waals surface area contributed by atoms with Crippen molar-refractivity contribution in [1.82, 2.24) is 16.1 Å². The highest BCUT2D eigenvalue weighted by atomic mass is 35.5. The van der Waals surface area contributed by atoms with Crippen molar-refractivity contribution in [1.29, 1.82) is 0 Å². The average molecular weight is 446 g/mol. The van der Waals surface area contributed by atoms with Gasteiger partial charge in [-0.15, -0.1) is 0 Å². The second-order valence-electron chi connectivity index (χ2n) is 6.83. The zero-order valence-corrected chi connectivity index (χ0v) is 17.7. The Bertz CT molecular complexity index is 922. The molecule has 8 nitrogen and oxygen atoms in total. The van der Waals surface area contributed by atoms with Crippen molar-refractivity contribution in [3.8, 4) is 5.75 Å². The molecule has 1 unspecified atom stereocenters. The van der Waals surface area contributed by atoms with Crippen LogP contribution in [0.3, 0.4) is 0 Å². The number of ether oxygens (including phenoxy) is 2. The fraction of sp³-hybridized carbons (Fsp3) is 0.273. The normalized spacial score (nSPS) is 15.9. The predicted molar refractivity (Wildman–Crippen MR) is 115 cm³/mol. The second-order valence-corrected chi connectivity index (χ2v) is 7.24. The Morgan fingerprint density at radius 2 is 1.94 bits per heavy atom. The molecular formula is C22H24ClN3O5. The molecule has 3 rings (SSSR count). The van der Waals surface area contributed by atoms with Crippen LogP contribution in [0, 0.1) is 0 Å². The first kappa shape index (κ1) is 22.5. The van der Waals surface area contributed by atoms with Crippen molar-refractivity contribution in [2.75, 3.05) is 13.7 Å². The lowest BCUT2D eigenvalue weighted by Crippen LogP contribution is -2.49. The number of methoxy groups -OCH3 is 1. The highest BCUT2D eigenvalue weighted by Crippen LogP contribution is 2.15. The van der Waals surface area contributed by atoms with E-state index in [1.807, 2.05) is 48.5 Å². The number of alkyl carbamates (subject to hydrolysis) is 1. The molecule has 0 fully saturated rings. The van der Waals surface area contributed by atoms with Crippen molar-refractivity contribution in [3.05, 3.63) is 77.0 Å². The third kappa shape index (κ3) is 7.20. The van der Waals surface area contributed by atoms with Crippen LogP contribution in [0.2, 0.25) is 0 Å². The zero-order valence-electron chi connectivity index (χ0n) is 17.0. The summed E-state index contributed by atoms with van der Waals surface area (Å²) in [5.41, 5.74) is 4.18. The number of carbonyl (C=O) groups is 2. The van der Waals surface area contributed by atoms with Gasteiger partial charge in [-0.2, -0.15) is 0 Å². The van der Waals surface area contributed by atoms with Gasteiger partial charge < -0.3 is 20.1 Å². The Morgan fingerprint density at radius 1 is 1.16 bits per heavy atom. The average Bonchev–Trinajstić information content (AvgIpc) is 3.21. The van der Waals surface area contributed by atoms with Crippen LogP contribution in [0.5, 0.6) is 5.75 Å². The Hall–Kier alpha value is -3.23. The van der Waals surface area contributed by atoms with Gasteiger partial charge in [0.1, 0.15) is 29.7 Å². The summed E-state index contributed by atoms with van der Waals surface area (Å²) in [6, 6.07) is 15.7. The molecule has 164 valence electrons. The molecule has 2 aromatic rings. The number of amides is 2. The largest absolute Gasteiger partial charge is 0.497 e. The summed E-state index contributed by atoms with van der Waals surface area (Å²) in [7, 11) is 1.57. The Morgan fingerprint density at radius 3 is 2.65 bits per heavy atom. The number of benzene rings is 2. The minimum absolute atomic E-state index is 0.102. The summed E-state index contributed by atoms with van der Waals surface area (Å²) in [5.74, 6) is 0.285. The van der Waals surface area contributed by atoms with Gasteiger partial charge >= 0.3 is 6.09 Å². The Balaban J connectivity index is 1.62. The van der Waals surface area contributed by atoms with Crippen LogP contribution >= 0.6 is 11.6 Å². The molecule has 0 aromatic heterocycles. The maximum Gasteiger partial charge on any atom is 0.408 e. The van der Waals surface area contributed by atoms with Crippen molar-refractivity contribution >= 4 is 23.6 Å². The summed E-state index contributed by atoms with van der Waals surface area (Å²) < 4.78 is 10.5. The monoisotopic (exact) mass is 445 g/mol. The molecule has 9 heteroatoms. The molecule has 0 radical (unpaired) electrons. The van der Waals surface area contributed by atoms with Crippen molar-refractivity contribution < 1.29 is 23.9 Å². The highest BCUT2D eigenvalue weighted by molar-refractivity contribution is 6.29. The van der Waals surface area contributed by atoms with Crippen LogP contribution in [0.25, 0.3) is 0 Å². The van der Waals surface area contributed by atoms with Gasteiger partial charge in [0.2, 0.25) is 5.91 Å². The number of nitrogens with one attached hydrogen (secondary N) is 3. The fourth-order valence-corrected chi connectivity index (χ4v) is 3.12. The van der Waals surface area contributed by atoms with Gasteiger partial charge in [-0.05, 0) is 29.3 Å². The summed E-state index contributed by atoms with van der Waals surface area (Å²) >= 11 is 5.80. The maximum absolute atomic E-state index is 12.8. The lowest BCUT2D eigenvalue weighted by atomic mass is 10.0. The van der Waals surface area contributed by atoms with Crippen LogP contribution in [0.4, 0.5) is 4.79 Å². The quantitative estimate of drug-likeness (QED) is 0.513. The molecule has 0 spiro atoms. The van der Waals surface area contributed by atoms with E-state index in [9.17, 15) is 9.59 Å². The van der Waals surface area contributed by atoms with Crippen molar-refractivity contribution in [2.24, 2.45) is 0 Å². The highest BCUT2D eigenvalue weighted by Gasteiger charge is 2.24. The molecular weight excluding hydrogens is 422 g/mol. The van der Waals surface area contributed by atoms with Crippen LogP contribution in [-0.4, -0.2) is 37.8 Å². The summed E-state index contributed by atoms with van der Waals surface area (Å²) in [5, 5.41) is 5.77. The molecule has 31 heavy (non-hydrogen) atoms. The maximum atomic E-state index is 12.8. The van der Waals surface area contributed by atoms with E-state index in [0.717, 1.165) is 11.1 Å². The van der Waals surface area contributed by atoms with Crippen LogP contribution < -0.4 is 20.9 Å². The molecule has 1 heterocycles. The number of halogens is 1. The van der Waals surface area contributed by atoms with E-state index in [0.29, 0.717) is 10.9 Å². The zero-order chi connectivity index (χ0) is 22.1. The summed E-state index contributed by atoms with van der Waals surface area (Å²) in [4.78, 5) is 30.4. The topological polar surface area (TPSA) is 97.9 Å². The van der Waals surface area contributed by atoms with Crippen molar-refractivity contribution in [2.45, 2.75) is 25.2 Å². The number of carbonyl (C=O) groups excluding carboxylic acids is 2. The molecule has 2 atom stereocenters. The van der Waals surface area contributed by atoms with E-state index >= 15 is 0 Å². The van der Waals surface area contributed by atoms with Gasteiger partial charge in [0, 0.05) is 6.42 Å². The number of hydroxylamine groups is 1. The fourth-order valence-electron chi connectivity index (χ4n) is 2.94. The van der Waals surface area contributed by atoms with Crippen LogP contribution in [0.15, 0.2) is 65.8 Å². The third-order valence-electron chi connectivity index (χ3n) is 4.51. The standard InChI is InChI=1S/C22H24ClN3O5/c1-29-17-9-5-8-16(10-17)11-19(21(27)24-13-18-12-20(23)26-31-18)25-22(28)30-14-15-6-3-2-4-7-15/h2-10,12,18-19,26H,11,13-14H2,1H3,(H,24,27)(H,25,28)/t18?,19-/m0/s1. The Labute approximate surface area is 185 Å². The van der Waals surface area contributed by atoms with E-state index in [2.05, 4.69) is 16.1 Å². The van der Waals surface area contributed by atoms with Gasteiger partial charge in [0.05, 0.1) is 13.7 Å². The number of hydrogen-bond donors (Lipinski definition) is 3. The molecule has 0 aliphatic carbocycles. The summed E-state index contributed by atoms with van der Waals surface area (Å²) in [6.45, 7) is 0.294. The van der Waals surface area contributed by atoms with Gasteiger partial charge in [0.15, 0.2) is 0 Å². The minimum atomic E-state index is -0.857. The Kier molecular flexibility index (Phi) is 8.14. The van der Waals surface area contributed by atoms with E-state index in [1.165, 1.54) is 0 Å². The summed E-state index contributed by atoms with van der Waals surface area (Å²) in [6.07, 6.45) is 0.803.